The third-order valence-corrected chi connectivity index (χ3v) is 6.80. The first-order valence-corrected chi connectivity index (χ1v) is 12.5. The van der Waals surface area contributed by atoms with E-state index >= 15 is 0 Å². The first-order chi connectivity index (χ1) is 18.9. The Kier molecular flexibility index (Phi) is 7.47. The molecule has 0 aliphatic carbocycles. The van der Waals surface area contributed by atoms with Crippen LogP contribution in [0.1, 0.15) is 21.5 Å². The number of ether oxygens (including phenoxy) is 3. The van der Waals surface area contributed by atoms with Crippen molar-refractivity contribution in [3.63, 3.8) is 0 Å². The molecule has 0 radical (unpaired) electrons. The summed E-state index contributed by atoms with van der Waals surface area (Å²) in [5.74, 6) is 0.181. The van der Waals surface area contributed by atoms with Crippen molar-refractivity contribution in [2.24, 2.45) is 0 Å². The van der Waals surface area contributed by atoms with Crippen LogP contribution in [-0.4, -0.2) is 60.5 Å². The maximum absolute atomic E-state index is 13.9. The van der Waals surface area contributed by atoms with Gasteiger partial charge in [0.2, 0.25) is 0 Å². The van der Waals surface area contributed by atoms with E-state index in [9.17, 15) is 18.8 Å². The van der Waals surface area contributed by atoms with E-state index in [2.05, 4.69) is 0 Å². The van der Waals surface area contributed by atoms with Crippen LogP contribution in [0.25, 0.3) is 10.9 Å². The second-order valence-electron chi connectivity index (χ2n) is 9.22. The molecule has 1 fully saturated rings. The van der Waals surface area contributed by atoms with Crippen LogP contribution in [0.4, 0.5) is 4.39 Å². The third-order valence-electron chi connectivity index (χ3n) is 6.80. The van der Waals surface area contributed by atoms with Gasteiger partial charge in [-0.25, -0.2) is 9.18 Å². The lowest BCUT2D eigenvalue weighted by molar-refractivity contribution is 0.0303. The van der Waals surface area contributed by atoms with Crippen LogP contribution in [0.2, 0.25) is 0 Å². The fourth-order valence-corrected chi connectivity index (χ4v) is 4.74. The van der Waals surface area contributed by atoms with Gasteiger partial charge in [-0.05, 0) is 41.5 Å². The fraction of sp³-hybridized carbons (Fsp3) is 0.276. The van der Waals surface area contributed by atoms with Crippen LogP contribution in [0.3, 0.4) is 0 Å². The topological polar surface area (TPSA) is 92.0 Å². The van der Waals surface area contributed by atoms with Crippen LogP contribution in [-0.2, 0) is 17.8 Å². The van der Waals surface area contributed by atoms with Gasteiger partial charge in [0, 0.05) is 24.7 Å². The largest absolute Gasteiger partial charge is 0.493 e. The molecule has 10 heteroatoms. The predicted molar refractivity (Wildman–Crippen MR) is 143 cm³/mol. The molecular formula is C29H28FN3O6. The zero-order chi connectivity index (χ0) is 27.5. The van der Waals surface area contributed by atoms with E-state index in [-0.39, 0.29) is 24.4 Å². The summed E-state index contributed by atoms with van der Waals surface area (Å²) in [6.45, 7) is 2.10. The Hall–Kier alpha value is -4.44. The molecule has 1 aromatic heterocycles. The van der Waals surface area contributed by atoms with Crippen LogP contribution < -0.4 is 20.7 Å². The maximum Gasteiger partial charge on any atom is 0.332 e. The van der Waals surface area contributed by atoms with E-state index in [1.54, 1.807) is 53.4 Å². The smallest absolute Gasteiger partial charge is 0.332 e. The maximum atomic E-state index is 13.9. The Labute approximate surface area is 223 Å². The number of aromatic nitrogens is 2. The van der Waals surface area contributed by atoms with Crippen molar-refractivity contribution in [2.45, 2.75) is 13.1 Å². The third kappa shape index (κ3) is 5.28. The van der Waals surface area contributed by atoms with E-state index in [4.69, 9.17) is 14.2 Å². The number of fused-ring (bicyclic) bond motifs is 1. The number of nitrogens with zero attached hydrogens (tertiary/aromatic N) is 3. The molecule has 0 N–H and O–H groups in total. The summed E-state index contributed by atoms with van der Waals surface area (Å²) in [5.41, 5.74) is 1.04. The minimum Gasteiger partial charge on any atom is -0.493 e. The van der Waals surface area contributed by atoms with Crippen LogP contribution in [0, 0.1) is 5.82 Å². The first kappa shape index (κ1) is 26.2. The SMILES string of the molecule is COc1cc2c(=O)n(Cc3ccc(C(=O)N4CCOCC4)cc3)c(=O)n(Cc3cccc(F)c3)c2cc1OC. The number of hydrogen-bond acceptors (Lipinski definition) is 6. The number of methoxy groups -OCH3 is 2. The Balaban J connectivity index is 1.57. The van der Waals surface area contributed by atoms with E-state index in [0.29, 0.717) is 60.0 Å². The highest BCUT2D eigenvalue weighted by Crippen LogP contribution is 2.30. The number of rotatable bonds is 7. The monoisotopic (exact) mass is 533 g/mol. The molecule has 0 saturated carbocycles. The van der Waals surface area contributed by atoms with E-state index < -0.39 is 17.1 Å². The number of carbonyl (C=O) groups is 1. The zero-order valence-corrected chi connectivity index (χ0v) is 21.7. The quantitative estimate of drug-likeness (QED) is 0.363. The Morgan fingerprint density at radius 3 is 2.21 bits per heavy atom. The molecule has 0 bridgehead atoms. The summed E-state index contributed by atoms with van der Waals surface area (Å²) in [7, 11) is 2.93. The van der Waals surface area contributed by atoms with Crippen molar-refractivity contribution in [2.75, 3.05) is 40.5 Å². The molecule has 39 heavy (non-hydrogen) atoms. The lowest BCUT2D eigenvalue weighted by Gasteiger charge is -2.26. The Bertz CT molecular complexity index is 1640. The highest BCUT2D eigenvalue weighted by Gasteiger charge is 2.20. The highest BCUT2D eigenvalue weighted by atomic mass is 19.1. The highest BCUT2D eigenvalue weighted by molar-refractivity contribution is 5.94. The van der Waals surface area contributed by atoms with Gasteiger partial charge in [0.25, 0.3) is 11.5 Å². The lowest BCUT2D eigenvalue weighted by Crippen LogP contribution is -2.41. The van der Waals surface area contributed by atoms with Crippen molar-refractivity contribution < 1.29 is 23.4 Å². The normalized spacial score (nSPS) is 13.5. The van der Waals surface area contributed by atoms with Crippen LogP contribution >= 0.6 is 0 Å². The molecule has 5 rings (SSSR count). The van der Waals surface area contributed by atoms with Gasteiger partial charge in [-0.2, -0.15) is 0 Å². The molecule has 1 aliphatic heterocycles. The van der Waals surface area contributed by atoms with E-state index in [1.165, 1.54) is 30.9 Å². The molecule has 0 unspecified atom stereocenters. The van der Waals surface area contributed by atoms with Gasteiger partial charge in [0.05, 0.1) is 51.4 Å². The van der Waals surface area contributed by atoms with E-state index in [1.807, 2.05) is 0 Å². The number of carbonyl (C=O) groups excluding carboxylic acids is 1. The average Bonchev–Trinajstić information content (AvgIpc) is 2.97. The van der Waals surface area contributed by atoms with Gasteiger partial charge < -0.3 is 19.1 Å². The molecule has 2 heterocycles. The number of hydrogen-bond donors (Lipinski definition) is 0. The van der Waals surface area contributed by atoms with E-state index in [0.717, 1.165) is 4.57 Å². The number of halogens is 1. The Morgan fingerprint density at radius 1 is 0.872 bits per heavy atom. The standard InChI is InChI=1S/C29H28FN3O6/c1-37-25-15-23-24(16-26(25)38-2)32(18-20-4-3-5-22(30)14-20)29(36)33(28(23)35)17-19-6-8-21(9-7-19)27(34)31-10-12-39-13-11-31/h3-9,14-16H,10-13,17-18H2,1-2H3. The fourth-order valence-electron chi connectivity index (χ4n) is 4.74. The second-order valence-corrected chi connectivity index (χ2v) is 9.22. The van der Waals surface area contributed by atoms with Crippen molar-refractivity contribution in [1.29, 1.82) is 0 Å². The van der Waals surface area contributed by atoms with Gasteiger partial charge in [-0.3, -0.25) is 18.7 Å². The molecule has 1 amide bonds. The van der Waals surface area contributed by atoms with Gasteiger partial charge in [0.15, 0.2) is 11.5 Å². The van der Waals surface area contributed by atoms with Crippen molar-refractivity contribution in [3.05, 3.63) is 104 Å². The Morgan fingerprint density at radius 2 is 1.54 bits per heavy atom. The molecule has 1 saturated heterocycles. The lowest BCUT2D eigenvalue weighted by atomic mass is 10.1. The first-order valence-electron chi connectivity index (χ1n) is 12.5. The predicted octanol–water partition coefficient (Wildman–Crippen LogP) is 2.89. The molecule has 3 aromatic carbocycles. The minimum absolute atomic E-state index is 0.0167. The molecule has 202 valence electrons. The van der Waals surface area contributed by atoms with Gasteiger partial charge in [-0.15, -0.1) is 0 Å². The molecule has 0 atom stereocenters. The summed E-state index contributed by atoms with van der Waals surface area (Å²) in [6.07, 6.45) is 0. The van der Waals surface area contributed by atoms with Gasteiger partial charge in [0.1, 0.15) is 5.82 Å². The summed E-state index contributed by atoms with van der Waals surface area (Å²) in [6, 6.07) is 15.9. The number of morpholine rings is 1. The van der Waals surface area contributed by atoms with Gasteiger partial charge >= 0.3 is 5.69 Å². The van der Waals surface area contributed by atoms with Crippen molar-refractivity contribution in [1.82, 2.24) is 14.0 Å². The molecule has 1 aliphatic rings. The van der Waals surface area contributed by atoms with Gasteiger partial charge in [-0.1, -0.05) is 24.3 Å². The summed E-state index contributed by atoms with van der Waals surface area (Å²) >= 11 is 0. The van der Waals surface area contributed by atoms with Crippen molar-refractivity contribution in [3.8, 4) is 11.5 Å². The summed E-state index contributed by atoms with van der Waals surface area (Å²) < 4.78 is 32.6. The minimum atomic E-state index is -0.558. The van der Waals surface area contributed by atoms with Crippen LogP contribution in [0.15, 0.2) is 70.3 Å². The average molecular weight is 534 g/mol. The molecule has 9 nitrogen and oxygen atoms in total. The zero-order valence-electron chi connectivity index (χ0n) is 21.7. The molecule has 0 spiro atoms. The second kappa shape index (κ2) is 11.1. The number of benzene rings is 3. The molecular weight excluding hydrogens is 505 g/mol. The summed E-state index contributed by atoms with van der Waals surface area (Å²) in [5, 5.41) is 0.253. The number of amides is 1. The van der Waals surface area contributed by atoms with Crippen molar-refractivity contribution >= 4 is 16.8 Å². The summed E-state index contributed by atoms with van der Waals surface area (Å²) in [4.78, 5) is 41.8. The molecule has 4 aromatic rings. The van der Waals surface area contributed by atoms with Crippen LogP contribution in [0.5, 0.6) is 11.5 Å².